The van der Waals surface area contributed by atoms with E-state index in [4.69, 9.17) is 5.73 Å². The topological polar surface area (TPSA) is 68.0 Å². The minimum Gasteiger partial charge on any atom is -0.375 e. The van der Waals surface area contributed by atoms with Crippen LogP contribution < -0.4 is 11.1 Å². The first-order valence-corrected chi connectivity index (χ1v) is 5.41. The first-order valence-electron chi connectivity index (χ1n) is 4.53. The van der Waals surface area contributed by atoms with Gasteiger partial charge in [0.25, 0.3) is 5.91 Å². The lowest BCUT2D eigenvalue weighted by Crippen LogP contribution is -2.12. The number of anilines is 2. The van der Waals surface area contributed by atoms with Crippen LogP contribution >= 0.6 is 11.3 Å². The van der Waals surface area contributed by atoms with Gasteiger partial charge < -0.3 is 11.1 Å². The monoisotopic (exact) mass is 255 g/mol. The highest BCUT2D eigenvalue weighted by atomic mass is 32.1. The van der Waals surface area contributed by atoms with Crippen LogP contribution in [0.15, 0.2) is 23.6 Å². The zero-order chi connectivity index (χ0) is 12.4. The molecule has 4 nitrogen and oxygen atoms in total. The van der Waals surface area contributed by atoms with Crippen LogP contribution in [0.2, 0.25) is 0 Å². The Kier molecular flexibility index (Phi) is 3.01. The van der Waals surface area contributed by atoms with Gasteiger partial charge in [-0.25, -0.2) is 13.8 Å². The molecule has 0 atom stereocenters. The molecular weight excluding hydrogens is 248 g/mol. The molecular formula is C10H7F2N3OS. The highest BCUT2D eigenvalue weighted by Crippen LogP contribution is 2.16. The fourth-order valence-corrected chi connectivity index (χ4v) is 1.70. The maximum absolute atomic E-state index is 12.9. The Hall–Kier alpha value is -2.02. The number of carbonyl (C=O) groups excluding carboxylic acids is 1. The minimum absolute atomic E-state index is 0.136. The van der Waals surface area contributed by atoms with E-state index in [9.17, 15) is 13.6 Å². The van der Waals surface area contributed by atoms with Gasteiger partial charge in [-0.1, -0.05) is 0 Å². The maximum Gasteiger partial charge on any atom is 0.275 e. The number of carbonyl (C=O) groups is 1. The summed E-state index contributed by atoms with van der Waals surface area (Å²) in [6.07, 6.45) is 0. The van der Waals surface area contributed by atoms with Crippen LogP contribution in [0.5, 0.6) is 0 Å². The van der Waals surface area contributed by atoms with Crippen molar-refractivity contribution < 1.29 is 13.6 Å². The number of nitrogen functional groups attached to an aromatic ring is 1. The minimum atomic E-state index is -1.03. The van der Waals surface area contributed by atoms with E-state index in [2.05, 4.69) is 10.3 Å². The lowest BCUT2D eigenvalue weighted by molar-refractivity contribution is 0.102. The van der Waals surface area contributed by atoms with Gasteiger partial charge in [0.1, 0.15) is 5.69 Å². The third kappa shape index (κ3) is 2.56. The van der Waals surface area contributed by atoms with E-state index in [-0.39, 0.29) is 16.5 Å². The molecule has 88 valence electrons. The largest absolute Gasteiger partial charge is 0.375 e. The molecule has 0 radical (unpaired) electrons. The number of nitrogens with zero attached hydrogens (tertiary/aromatic N) is 1. The molecule has 0 spiro atoms. The zero-order valence-corrected chi connectivity index (χ0v) is 9.22. The van der Waals surface area contributed by atoms with Gasteiger partial charge in [0.05, 0.1) is 0 Å². The fraction of sp³-hybridized carbons (Fsp3) is 0. The Morgan fingerprint density at radius 2 is 2.12 bits per heavy atom. The van der Waals surface area contributed by atoms with Gasteiger partial charge in [-0.3, -0.25) is 4.79 Å². The van der Waals surface area contributed by atoms with Gasteiger partial charge in [0, 0.05) is 17.1 Å². The van der Waals surface area contributed by atoms with Gasteiger partial charge in [-0.2, -0.15) is 0 Å². The smallest absolute Gasteiger partial charge is 0.275 e. The average molecular weight is 255 g/mol. The SMILES string of the molecule is Nc1nc(C(=O)Nc2ccc(F)c(F)c2)cs1. The Labute approximate surface area is 99.1 Å². The molecule has 3 N–H and O–H groups in total. The molecule has 7 heteroatoms. The molecule has 0 saturated heterocycles. The molecule has 0 saturated carbocycles. The molecule has 2 rings (SSSR count). The summed E-state index contributed by atoms with van der Waals surface area (Å²) in [5, 5.41) is 4.12. The lowest BCUT2D eigenvalue weighted by atomic mass is 10.3. The number of thiazole rings is 1. The van der Waals surface area contributed by atoms with Crippen LogP contribution in [0.3, 0.4) is 0 Å². The first-order chi connectivity index (χ1) is 8.06. The molecule has 0 aliphatic heterocycles. The third-order valence-corrected chi connectivity index (χ3v) is 2.61. The van der Waals surface area contributed by atoms with Gasteiger partial charge in [0.2, 0.25) is 0 Å². The first kappa shape index (κ1) is 11.5. The second-order valence-corrected chi connectivity index (χ2v) is 4.04. The number of halogens is 2. The van der Waals surface area contributed by atoms with E-state index < -0.39 is 17.5 Å². The van der Waals surface area contributed by atoms with Crippen molar-refractivity contribution in [1.29, 1.82) is 0 Å². The normalized spacial score (nSPS) is 10.2. The molecule has 0 fully saturated rings. The summed E-state index contributed by atoms with van der Waals surface area (Å²) < 4.78 is 25.5. The van der Waals surface area contributed by atoms with Crippen molar-refractivity contribution in [2.24, 2.45) is 0 Å². The zero-order valence-electron chi connectivity index (χ0n) is 8.41. The Morgan fingerprint density at radius 3 is 2.71 bits per heavy atom. The second-order valence-electron chi connectivity index (χ2n) is 3.15. The van der Waals surface area contributed by atoms with Crippen molar-refractivity contribution in [1.82, 2.24) is 4.98 Å². The Morgan fingerprint density at radius 1 is 1.35 bits per heavy atom. The van der Waals surface area contributed by atoms with Crippen LogP contribution in [0.4, 0.5) is 19.6 Å². The van der Waals surface area contributed by atoms with Crippen LogP contribution in [-0.4, -0.2) is 10.9 Å². The summed E-state index contributed by atoms with van der Waals surface area (Å²) in [5.41, 5.74) is 5.66. The molecule has 0 aliphatic carbocycles. The highest BCUT2D eigenvalue weighted by molar-refractivity contribution is 7.13. The fourth-order valence-electron chi connectivity index (χ4n) is 1.16. The predicted octanol–water partition coefficient (Wildman–Crippen LogP) is 2.26. The van der Waals surface area contributed by atoms with E-state index in [1.165, 1.54) is 11.4 Å². The summed E-state index contributed by atoms with van der Waals surface area (Å²) in [6, 6.07) is 3.08. The lowest BCUT2D eigenvalue weighted by Gasteiger charge is -2.03. The van der Waals surface area contributed by atoms with Crippen LogP contribution in [-0.2, 0) is 0 Å². The van der Waals surface area contributed by atoms with Crippen molar-refractivity contribution in [3.63, 3.8) is 0 Å². The van der Waals surface area contributed by atoms with Crippen LogP contribution in [0, 0.1) is 11.6 Å². The van der Waals surface area contributed by atoms with Gasteiger partial charge >= 0.3 is 0 Å². The molecule has 2 aromatic rings. The van der Waals surface area contributed by atoms with Crippen LogP contribution in [0.25, 0.3) is 0 Å². The Bertz CT molecular complexity index is 570. The van der Waals surface area contributed by atoms with Crippen molar-refractivity contribution in [2.75, 3.05) is 11.1 Å². The summed E-state index contributed by atoms with van der Waals surface area (Å²) in [7, 11) is 0. The van der Waals surface area contributed by atoms with E-state index in [0.29, 0.717) is 0 Å². The molecule has 0 bridgehead atoms. The number of aromatic nitrogens is 1. The second kappa shape index (κ2) is 4.46. The van der Waals surface area contributed by atoms with Crippen LogP contribution in [0.1, 0.15) is 10.5 Å². The quantitative estimate of drug-likeness (QED) is 0.864. The molecule has 1 aromatic carbocycles. The summed E-state index contributed by atoms with van der Waals surface area (Å²) >= 11 is 1.12. The van der Waals surface area contributed by atoms with E-state index >= 15 is 0 Å². The number of rotatable bonds is 2. The molecule has 1 amide bonds. The van der Waals surface area contributed by atoms with Gasteiger partial charge in [0.15, 0.2) is 16.8 Å². The van der Waals surface area contributed by atoms with Gasteiger partial charge in [-0.15, -0.1) is 11.3 Å². The summed E-state index contributed by atoms with van der Waals surface area (Å²) in [4.78, 5) is 15.3. The van der Waals surface area contributed by atoms with E-state index in [0.717, 1.165) is 23.5 Å². The van der Waals surface area contributed by atoms with E-state index in [1.54, 1.807) is 0 Å². The van der Waals surface area contributed by atoms with Crippen molar-refractivity contribution in [2.45, 2.75) is 0 Å². The average Bonchev–Trinajstić information content (AvgIpc) is 2.70. The predicted molar refractivity (Wildman–Crippen MR) is 60.8 cm³/mol. The standard InChI is InChI=1S/C10H7F2N3OS/c11-6-2-1-5(3-7(6)12)14-9(16)8-4-17-10(13)15-8/h1-4H,(H2,13,15)(H,14,16). The summed E-state index contributed by atoms with van der Waals surface area (Å²) in [5.74, 6) is -2.52. The van der Waals surface area contributed by atoms with Crippen molar-refractivity contribution in [3.05, 3.63) is 40.9 Å². The van der Waals surface area contributed by atoms with Gasteiger partial charge in [-0.05, 0) is 12.1 Å². The third-order valence-electron chi connectivity index (χ3n) is 1.93. The number of hydrogen-bond donors (Lipinski definition) is 2. The van der Waals surface area contributed by atoms with Crippen molar-refractivity contribution in [3.8, 4) is 0 Å². The molecule has 1 aromatic heterocycles. The number of hydrogen-bond acceptors (Lipinski definition) is 4. The summed E-state index contributed by atoms with van der Waals surface area (Å²) in [6.45, 7) is 0. The number of benzene rings is 1. The number of amides is 1. The molecule has 1 heterocycles. The van der Waals surface area contributed by atoms with E-state index in [1.807, 2.05) is 0 Å². The molecule has 0 aliphatic rings. The number of nitrogens with one attached hydrogen (secondary N) is 1. The maximum atomic E-state index is 12.9. The molecule has 17 heavy (non-hydrogen) atoms. The number of nitrogens with two attached hydrogens (primary N) is 1. The highest BCUT2D eigenvalue weighted by Gasteiger charge is 2.11. The molecule has 0 unspecified atom stereocenters. The Balaban J connectivity index is 2.15. The van der Waals surface area contributed by atoms with Crippen molar-refractivity contribution >= 4 is 28.1 Å².